The maximum atomic E-state index is 12.3. The Morgan fingerprint density at radius 1 is 1.31 bits per heavy atom. The maximum absolute atomic E-state index is 12.3. The second-order valence-corrected chi connectivity index (χ2v) is 7.53. The molecule has 0 spiro atoms. The van der Waals surface area contributed by atoms with Crippen LogP contribution in [0.15, 0.2) is 30.3 Å². The summed E-state index contributed by atoms with van der Waals surface area (Å²) in [5, 5.41) is 10.5. The van der Waals surface area contributed by atoms with E-state index in [-0.39, 0.29) is 0 Å². The van der Waals surface area contributed by atoms with Crippen LogP contribution < -0.4 is 10.8 Å². The molecule has 0 amide bonds. The molecule has 0 aromatic heterocycles. The first kappa shape index (κ1) is 13.4. The van der Waals surface area contributed by atoms with Crippen LogP contribution in [-0.4, -0.2) is 43.1 Å². The number of aliphatic hydroxyl groups is 1. The van der Waals surface area contributed by atoms with E-state index in [0.29, 0.717) is 16.3 Å². The fourth-order valence-corrected chi connectivity index (χ4v) is 3.16. The molecule has 4 nitrogen and oxygen atoms in total. The average Bonchev–Trinajstić information content (AvgIpc) is 2.16. The van der Waals surface area contributed by atoms with Crippen molar-refractivity contribution in [1.82, 2.24) is 0 Å². The van der Waals surface area contributed by atoms with Crippen LogP contribution in [0.4, 0.5) is 0 Å². The summed E-state index contributed by atoms with van der Waals surface area (Å²) in [5.74, 6) is -1.00. The van der Waals surface area contributed by atoms with E-state index < -0.39 is 13.1 Å². The third kappa shape index (κ3) is 3.42. The molecule has 0 aliphatic carbocycles. The Morgan fingerprint density at radius 2 is 1.81 bits per heavy atom. The highest BCUT2D eigenvalue weighted by molar-refractivity contribution is 7.69. The molecule has 0 radical (unpaired) electrons. The lowest BCUT2D eigenvalue weighted by Crippen LogP contribution is -2.43. The van der Waals surface area contributed by atoms with Crippen LogP contribution in [0.1, 0.15) is 0 Å². The monoisotopic (exact) mass is 243 g/mol. The number of benzene rings is 1. The van der Waals surface area contributed by atoms with Gasteiger partial charge in [0.05, 0.1) is 21.1 Å². The fraction of sp³-hybridized carbons (Fsp3) is 0.455. The largest absolute Gasteiger partial charge is 0.378 e. The summed E-state index contributed by atoms with van der Waals surface area (Å²) in [5.41, 5.74) is 5.78. The molecular formula is C11H20N2O2P+. The second kappa shape index (κ2) is 4.68. The molecule has 0 saturated carbocycles. The quantitative estimate of drug-likeness (QED) is 0.600. The average molecular weight is 243 g/mol. The standard InChI is InChI=1S/C11H20N2O2P/c1-13(2,3)9-11(14)16(12,15)10-7-5-4-6-8-10/h4-8,11,14H,9H2,1-3H3,(H2,12,15)/q+1. The van der Waals surface area contributed by atoms with Crippen molar-refractivity contribution in [3.05, 3.63) is 30.3 Å². The minimum absolute atomic E-state index is 0.364. The number of aliphatic hydroxyl groups excluding tert-OH is 1. The van der Waals surface area contributed by atoms with Crippen molar-refractivity contribution in [1.29, 1.82) is 0 Å². The van der Waals surface area contributed by atoms with E-state index in [9.17, 15) is 9.67 Å². The Balaban J connectivity index is 2.91. The van der Waals surface area contributed by atoms with Gasteiger partial charge in [-0.1, -0.05) is 30.3 Å². The smallest absolute Gasteiger partial charge is 0.206 e. The molecule has 0 aliphatic rings. The van der Waals surface area contributed by atoms with Crippen LogP contribution in [0.2, 0.25) is 0 Å². The van der Waals surface area contributed by atoms with Crippen molar-refractivity contribution in [2.24, 2.45) is 5.50 Å². The first-order chi connectivity index (χ1) is 7.23. The Hall–Kier alpha value is -0.670. The zero-order valence-corrected chi connectivity index (χ0v) is 10.9. The number of rotatable bonds is 4. The molecule has 0 saturated heterocycles. The third-order valence-corrected chi connectivity index (χ3v) is 4.47. The molecule has 16 heavy (non-hydrogen) atoms. The molecule has 1 rings (SSSR count). The number of hydrogen-bond acceptors (Lipinski definition) is 2. The molecule has 3 N–H and O–H groups in total. The van der Waals surface area contributed by atoms with Gasteiger partial charge < -0.3 is 9.59 Å². The van der Waals surface area contributed by atoms with Crippen LogP contribution in [0.3, 0.4) is 0 Å². The molecule has 2 atom stereocenters. The van der Waals surface area contributed by atoms with Gasteiger partial charge in [-0.25, -0.2) is 0 Å². The van der Waals surface area contributed by atoms with Crippen molar-refractivity contribution >= 4 is 12.6 Å². The zero-order chi connectivity index (χ0) is 12.4. The summed E-state index contributed by atoms with van der Waals surface area (Å²) in [4.78, 5) is 0. The van der Waals surface area contributed by atoms with Crippen LogP contribution in [0.25, 0.3) is 0 Å². The van der Waals surface area contributed by atoms with E-state index in [2.05, 4.69) is 0 Å². The van der Waals surface area contributed by atoms with Crippen molar-refractivity contribution < 1.29 is 14.2 Å². The minimum Gasteiger partial charge on any atom is -0.378 e. The molecule has 0 aliphatic heterocycles. The van der Waals surface area contributed by atoms with E-state index in [0.717, 1.165) is 0 Å². The highest BCUT2D eigenvalue weighted by atomic mass is 31.2. The van der Waals surface area contributed by atoms with Gasteiger partial charge in [0, 0.05) is 5.30 Å². The number of nitrogens with two attached hydrogens (primary N) is 1. The van der Waals surface area contributed by atoms with Gasteiger partial charge in [0.2, 0.25) is 7.29 Å². The van der Waals surface area contributed by atoms with Gasteiger partial charge >= 0.3 is 0 Å². The first-order valence-corrected chi connectivity index (χ1v) is 7.00. The Morgan fingerprint density at radius 3 is 2.25 bits per heavy atom. The molecule has 1 aromatic carbocycles. The zero-order valence-electron chi connectivity index (χ0n) is 10.00. The van der Waals surface area contributed by atoms with Crippen molar-refractivity contribution in [2.45, 2.75) is 5.85 Å². The van der Waals surface area contributed by atoms with Gasteiger partial charge in [-0.15, -0.1) is 0 Å². The molecule has 2 unspecified atom stereocenters. The summed E-state index contributed by atoms with van der Waals surface area (Å²) < 4.78 is 12.8. The van der Waals surface area contributed by atoms with Crippen LogP contribution in [0.5, 0.6) is 0 Å². The summed E-state index contributed by atoms with van der Waals surface area (Å²) >= 11 is 0. The van der Waals surface area contributed by atoms with Gasteiger partial charge in [-0.2, -0.15) is 0 Å². The molecule has 90 valence electrons. The molecule has 0 heterocycles. The van der Waals surface area contributed by atoms with Crippen LogP contribution >= 0.6 is 7.29 Å². The van der Waals surface area contributed by atoms with Gasteiger partial charge in [-0.05, 0) is 0 Å². The lowest BCUT2D eigenvalue weighted by molar-refractivity contribution is -0.872. The van der Waals surface area contributed by atoms with Gasteiger partial charge in [0.15, 0.2) is 5.85 Å². The van der Waals surface area contributed by atoms with Crippen molar-refractivity contribution in [3.63, 3.8) is 0 Å². The lowest BCUT2D eigenvalue weighted by Gasteiger charge is -2.29. The van der Waals surface area contributed by atoms with E-state index >= 15 is 0 Å². The minimum atomic E-state index is -3.19. The van der Waals surface area contributed by atoms with Crippen LogP contribution in [0, 0.1) is 0 Å². The Kier molecular flexibility index (Phi) is 3.92. The molecule has 0 fully saturated rings. The predicted octanol–water partition coefficient (Wildman–Crippen LogP) is 0.573. The van der Waals surface area contributed by atoms with Crippen molar-refractivity contribution in [3.8, 4) is 0 Å². The molecular weight excluding hydrogens is 223 g/mol. The topological polar surface area (TPSA) is 63.3 Å². The highest BCUT2D eigenvalue weighted by Crippen LogP contribution is 2.40. The summed E-state index contributed by atoms with van der Waals surface area (Å²) in [6, 6.07) is 8.76. The number of nitrogens with zero attached hydrogens (tertiary/aromatic N) is 1. The third-order valence-electron chi connectivity index (χ3n) is 2.31. The molecule has 1 aromatic rings. The Bertz CT molecular complexity index is 387. The Labute approximate surface area is 96.7 Å². The summed E-state index contributed by atoms with van der Waals surface area (Å²) in [7, 11) is 2.58. The van der Waals surface area contributed by atoms with Crippen molar-refractivity contribution in [2.75, 3.05) is 27.7 Å². The van der Waals surface area contributed by atoms with Gasteiger partial charge in [-0.3, -0.25) is 10.1 Å². The second-order valence-electron chi connectivity index (χ2n) is 5.00. The maximum Gasteiger partial charge on any atom is 0.206 e. The first-order valence-electron chi connectivity index (χ1n) is 5.16. The van der Waals surface area contributed by atoms with E-state index in [1.807, 2.05) is 27.2 Å². The predicted molar refractivity (Wildman–Crippen MR) is 66.8 cm³/mol. The normalized spacial score (nSPS) is 17.8. The number of likely N-dealkylation sites (N-methyl/N-ethyl adjacent to an activating group) is 1. The van der Waals surface area contributed by atoms with Crippen LogP contribution in [-0.2, 0) is 4.57 Å². The van der Waals surface area contributed by atoms with Gasteiger partial charge in [0.25, 0.3) is 0 Å². The number of quaternary nitrogens is 1. The SMILES string of the molecule is C[N+](C)(C)CC(O)P(N)(=O)c1ccccc1. The van der Waals surface area contributed by atoms with E-state index in [4.69, 9.17) is 5.50 Å². The molecule has 5 heteroatoms. The van der Waals surface area contributed by atoms with Gasteiger partial charge in [0.1, 0.15) is 6.54 Å². The van der Waals surface area contributed by atoms with E-state index in [1.165, 1.54) is 0 Å². The lowest BCUT2D eigenvalue weighted by atomic mass is 10.4. The fourth-order valence-electron chi connectivity index (χ4n) is 1.44. The van der Waals surface area contributed by atoms with E-state index in [1.54, 1.807) is 24.3 Å². The highest BCUT2D eigenvalue weighted by Gasteiger charge is 2.33. The summed E-state index contributed by atoms with van der Waals surface area (Å²) in [6.45, 7) is 0.364. The molecule has 0 bridgehead atoms. The summed E-state index contributed by atoms with van der Waals surface area (Å²) in [6.07, 6.45) is 0. The number of hydrogen-bond donors (Lipinski definition) is 2.